The van der Waals surface area contributed by atoms with Crippen LogP contribution in [0.3, 0.4) is 0 Å². The van der Waals surface area contributed by atoms with Crippen molar-refractivity contribution in [1.29, 1.82) is 0 Å². The van der Waals surface area contributed by atoms with Gasteiger partial charge in [-0.25, -0.2) is 0 Å². The second-order valence-electron chi connectivity index (χ2n) is 6.01. The minimum atomic E-state index is -0.834. The minimum Gasteiger partial charge on any atom is -0.492 e. The molecule has 0 saturated heterocycles. The van der Waals surface area contributed by atoms with Crippen molar-refractivity contribution >= 4 is 11.7 Å². The molecule has 0 spiro atoms. The van der Waals surface area contributed by atoms with Gasteiger partial charge in [0.15, 0.2) is 11.5 Å². The number of hydrogen-bond donors (Lipinski definition) is 2. The lowest BCUT2D eigenvalue weighted by molar-refractivity contribution is -0.137. The number of anilines is 1. The fourth-order valence-electron chi connectivity index (χ4n) is 3.10. The van der Waals surface area contributed by atoms with E-state index in [-0.39, 0.29) is 25.7 Å². The molecule has 7 heteroatoms. The Morgan fingerprint density at radius 3 is 2.92 bits per heavy atom. The van der Waals surface area contributed by atoms with Gasteiger partial charge in [0.05, 0.1) is 13.0 Å². The molecular weight excluding hydrogens is 326 g/mol. The first-order valence-electron chi connectivity index (χ1n) is 7.89. The topological polar surface area (TPSA) is 100 Å². The minimum absolute atomic E-state index is 0.0555. The van der Waals surface area contributed by atoms with Gasteiger partial charge < -0.3 is 29.8 Å². The van der Waals surface area contributed by atoms with Crippen LogP contribution in [0.25, 0.3) is 0 Å². The highest BCUT2D eigenvalue weighted by molar-refractivity contribution is 5.68. The van der Waals surface area contributed by atoms with Gasteiger partial charge >= 0.3 is 5.97 Å². The highest BCUT2D eigenvalue weighted by Crippen LogP contribution is 2.40. The predicted molar refractivity (Wildman–Crippen MR) is 88.2 cm³/mol. The molecule has 0 unspecified atom stereocenters. The molecule has 2 aliphatic heterocycles. The van der Waals surface area contributed by atoms with Crippen LogP contribution in [0.2, 0.25) is 0 Å². The van der Waals surface area contributed by atoms with Crippen molar-refractivity contribution in [3.8, 4) is 23.0 Å². The van der Waals surface area contributed by atoms with Gasteiger partial charge in [0.25, 0.3) is 0 Å². The van der Waals surface area contributed by atoms with E-state index in [0.717, 1.165) is 11.1 Å². The fraction of sp³-hybridized carbons (Fsp3) is 0.278. The molecule has 130 valence electrons. The number of carboxylic acid groups (broad SMARTS) is 1. The van der Waals surface area contributed by atoms with Crippen molar-refractivity contribution in [3.63, 3.8) is 0 Å². The predicted octanol–water partition coefficient (Wildman–Crippen LogP) is 2.53. The molecular formula is C18H17NO6. The van der Waals surface area contributed by atoms with Crippen molar-refractivity contribution in [2.75, 3.05) is 19.1 Å². The van der Waals surface area contributed by atoms with Crippen LogP contribution in [0.15, 0.2) is 30.3 Å². The molecule has 2 heterocycles. The summed E-state index contributed by atoms with van der Waals surface area (Å²) in [6, 6.07) is 8.96. The summed E-state index contributed by atoms with van der Waals surface area (Å²) in [6.07, 6.45) is 0.0555. The third-order valence-electron chi connectivity index (χ3n) is 4.25. The summed E-state index contributed by atoms with van der Waals surface area (Å²) in [6.45, 7) is 0.816. The summed E-state index contributed by atoms with van der Waals surface area (Å²) in [5, 5.41) is 8.95. The van der Waals surface area contributed by atoms with Crippen LogP contribution in [0.5, 0.6) is 23.0 Å². The first-order valence-corrected chi connectivity index (χ1v) is 7.89. The quantitative estimate of drug-likeness (QED) is 0.805. The van der Waals surface area contributed by atoms with Crippen LogP contribution in [0.4, 0.5) is 5.69 Å². The first-order chi connectivity index (χ1) is 12.1. The number of fused-ring (bicyclic) bond motifs is 2. The molecule has 2 aromatic carbocycles. The Morgan fingerprint density at radius 2 is 2.08 bits per heavy atom. The van der Waals surface area contributed by atoms with Gasteiger partial charge in [-0.1, -0.05) is 6.07 Å². The largest absolute Gasteiger partial charge is 0.492 e. The summed E-state index contributed by atoms with van der Waals surface area (Å²) in [4.78, 5) is 10.9. The van der Waals surface area contributed by atoms with Crippen LogP contribution in [0.1, 0.15) is 23.5 Å². The Labute approximate surface area is 143 Å². The molecule has 25 heavy (non-hydrogen) atoms. The SMILES string of the molecule is Nc1cc(COc2ccc3c(c2)OC[C@H]3CC(=O)O)c2c(c1)OCO2. The molecule has 0 aromatic heterocycles. The van der Waals surface area contributed by atoms with E-state index in [1.165, 1.54) is 0 Å². The molecule has 0 amide bonds. The van der Waals surface area contributed by atoms with Crippen LogP contribution < -0.4 is 24.7 Å². The van der Waals surface area contributed by atoms with Crippen molar-refractivity contribution in [3.05, 3.63) is 41.5 Å². The Morgan fingerprint density at radius 1 is 1.20 bits per heavy atom. The first kappa shape index (κ1) is 15.4. The molecule has 0 saturated carbocycles. The van der Waals surface area contributed by atoms with E-state index >= 15 is 0 Å². The number of ether oxygens (including phenoxy) is 4. The molecule has 2 aliphatic rings. The van der Waals surface area contributed by atoms with Crippen molar-refractivity contribution in [2.45, 2.75) is 18.9 Å². The Balaban J connectivity index is 1.49. The zero-order valence-electron chi connectivity index (χ0n) is 13.4. The van der Waals surface area contributed by atoms with Gasteiger partial charge in [0.1, 0.15) is 18.1 Å². The number of carbonyl (C=O) groups is 1. The summed E-state index contributed by atoms with van der Waals surface area (Å²) < 4.78 is 22.2. The van der Waals surface area contributed by atoms with Gasteiger partial charge in [-0.15, -0.1) is 0 Å². The molecule has 0 aliphatic carbocycles. The smallest absolute Gasteiger partial charge is 0.304 e. The zero-order chi connectivity index (χ0) is 17.4. The maximum absolute atomic E-state index is 10.9. The van der Waals surface area contributed by atoms with Gasteiger partial charge in [-0.05, 0) is 12.1 Å². The van der Waals surface area contributed by atoms with Crippen molar-refractivity contribution < 1.29 is 28.8 Å². The summed E-state index contributed by atoms with van der Waals surface area (Å²) in [5.41, 5.74) is 8.15. The van der Waals surface area contributed by atoms with Crippen molar-refractivity contribution in [1.82, 2.24) is 0 Å². The zero-order valence-corrected chi connectivity index (χ0v) is 13.4. The average Bonchev–Trinajstić information content (AvgIpc) is 3.19. The monoisotopic (exact) mass is 343 g/mol. The number of nitrogens with two attached hydrogens (primary N) is 1. The van der Waals surface area contributed by atoms with Gasteiger partial charge in [-0.3, -0.25) is 4.79 Å². The van der Waals surface area contributed by atoms with E-state index in [2.05, 4.69) is 0 Å². The lowest BCUT2D eigenvalue weighted by atomic mass is 9.98. The number of aliphatic carboxylic acids is 1. The van der Waals surface area contributed by atoms with E-state index in [4.69, 9.17) is 29.8 Å². The summed E-state index contributed by atoms with van der Waals surface area (Å²) >= 11 is 0. The maximum Gasteiger partial charge on any atom is 0.304 e. The molecule has 1 atom stereocenters. The van der Waals surface area contributed by atoms with Crippen LogP contribution in [-0.2, 0) is 11.4 Å². The fourth-order valence-corrected chi connectivity index (χ4v) is 3.10. The molecule has 0 fully saturated rings. The average molecular weight is 343 g/mol. The van der Waals surface area contributed by atoms with E-state index in [0.29, 0.717) is 35.3 Å². The number of hydrogen-bond acceptors (Lipinski definition) is 6. The van der Waals surface area contributed by atoms with Gasteiger partial charge in [0.2, 0.25) is 6.79 Å². The maximum atomic E-state index is 10.9. The van der Waals surface area contributed by atoms with Crippen LogP contribution in [0, 0.1) is 0 Å². The normalized spacial score (nSPS) is 17.0. The lowest BCUT2D eigenvalue weighted by Gasteiger charge is -2.11. The molecule has 2 aromatic rings. The number of benzene rings is 2. The number of carboxylic acids is 1. The van der Waals surface area contributed by atoms with Crippen LogP contribution >= 0.6 is 0 Å². The van der Waals surface area contributed by atoms with E-state index < -0.39 is 5.97 Å². The Hall–Kier alpha value is -3.09. The van der Waals surface area contributed by atoms with Gasteiger partial charge in [-0.2, -0.15) is 0 Å². The summed E-state index contributed by atoms with van der Waals surface area (Å²) in [7, 11) is 0. The second kappa shape index (κ2) is 6.08. The summed E-state index contributed by atoms with van der Waals surface area (Å²) in [5.74, 6) is 1.61. The highest BCUT2D eigenvalue weighted by Gasteiger charge is 2.27. The number of rotatable bonds is 5. The number of nitrogen functional groups attached to an aromatic ring is 1. The standard InChI is InChI=1S/C18H17NO6/c19-12-3-11(18-16(5-12)24-9-25-18)8-22-13-1-2-14-10(4-17(20)21)7-23-15(14)6-13/h1-3,5-6,10H,4,7-9,19H2,(H,20,21)/t10-/m1/s1. The van der Waals surface area contributed by atoms with Crippen molar-refractivity contribution in [2.24, 2.45) is 0 Å². The van der Waals surface area contributed by atoms with E-state index in [1.54, 1.807) is 18.2 Å². The third kappa shape index (κ3) is 3.00. The van der Waals surface area contributed by atoms with Crippen LogP contribution in [-0.4, -0.2) is 24.5 Å². The lowest BCUT2D eigenvalue weighted by Crippen LogP contribution is -2.07. The molecule has 3 N–H and O–H groups in total. The van der Waals surface area contributed by atoms with E-state index in [9.17, 15) is 4.79 Å². The highest BCUT2D eigenvalue weighted by atomic mass is 16.7. The molecule has 0 bridgehead atoms. The third-order valence-corrected chi connectivity index (χ3v) is 4.25. The van der Waals surface area contributed by atoms with Gasteiger partial charge in [0, 0.05) is 34.9 Å². The second-order valence-corrected chi connectivity index (χ2v) is 6.01. The van der Waals surface area contributed by atoms with E-state index in [1.807, 2.05) is 12.1 Å². The Kier molecular flexibility index (Phi) is 3.76. The molecule has 0 radical (unpaired) electrons. The Bertz CT molecular complexity index is 835. The molecule has 4 rings (SSSR count). The molecule has 7 nitrogen and oxygen atoms in total.